The molecule has 3 heteroatoms. The van der Waals surface area contributed by atoms with Gasteiger partial charge in [0.25, 0.3) is 0 Å². The van der Waals surface area contributed by atoms with Crippen LogP contribution in [0.5, 0.6) is 0 Å². The van der Waals surface area contributed by atoms with Crippen molar-refractivity contribution in [2.75, 3.05) is 0 Å². The third kappa shape index (κ3) is 1.76. The number of hydrogen-bond donors (Lipinski definition) is 1. The van der Waals surface area contributed by atoms with Gasteiger partial charge >= 0.3 is 0 Å². The van der Waals surface area contributed by atoms with Gasteiger partial charge in [0.05, 0.1) is 5.57 Å². The predicted octanol–water partition coefficient (Wildman–Crippen LogP) is 3.23. The van der Waals surface area contributed by atoms with Crippen molar-refractivity contribution >= 4 is 11.6 Å². The molecule has 0 heterocycles. The maximum Gasteiger partial charge on any atom is 0.228 e. The van der Waals surface area contributed by atoms with Gasteiger partial charge in [0.1, 0.15) is 0 Å². The van der Waals surface area contributed by atoms with Crippen LogP contribution in [0.3, 0.4) is 0 Å². The first-order valence-corrected chi connectivity index (χ1v) is 5.87. The number of carbonyl (C=O) groups excluding carboxylic acids is 2. The van der Waals surface area contributed by atoms with E-state index in [-0.39, 0.29) is 11.4 Å². The molecule has 0 spiro atoms. The first-order valence-electron chi connectivity index (χ1n) is 5.87. The minimum atomic E-state index is -0.556. The normalized spacial score (nSPS) is 16.0. The Hall–Kier alpha value is -1.90. The highest BCUT2D eigenvalue weighted by atomic mass is 16.3. The van der Waals surface area contributed by atoms with Gasteiger partial charge in [-0.05, 0) is 18.4 Å². The van der Waals surface area contributed by atoms with Gasteiger partial charge in [-0.25, -0.2) is 0 Å². The summed E-state index contributed by atoms with van der Waals surface area (Å²) in [5.41, 5.74) is 1.21. The van der Waals surface area contributed by atoms with E-state index in [2.05, 4.69) is 0 Å². The molecule has 1 N–H and O–H groups in total. The molecule has 18 heavy (non-hydrogen) atoms. The number of rotatable bonds is 0. The van der Waals surface area contributed by atoms with E-state index >= 15 is 0 Å². The lowest BCUT2D eigenvalue weighted by Gasteiger charge is -2.27. The number of hydrogen-bond acceptors (Lipinski definition) is 3. The monoisotopic (exact) mass is 244 g/mol. The van der Waals surface area contributed by atoms with E-state index in [4.69, 9.17) is 0 Å². The quantitative estimate of drug-likeness (QED) is 0.762. The summed E-state index contributed by atoms with van der Waals surface area (Å²) in [7, 11) is 0. The second kappa shape index (κ2) is 3.80. The number of aliphatic hydroxyl groups excluding tert-OH is 1. The number of ketones is 2. The number of aliphatic hydroxyl groups is 1. The second-order valence-corrected chi connectivity index (χ2v) is 5.68. The van der Waals surface area contributed by atoms with Gasteiger partial charge in [-0.15, -0.1) is 0 Å². The summed E-state index contributed by atoms with van der Waals surface area (Å²) in [5, 5.41) is 9.99. The van der Waals surface area contributed by atoms with Gasteiger partial charge in [-0.1, -0.05) is 38.5 Å². The zero-order chi connectivity index (χ0) is 13.7. The summed E-state index contributed by atoms with van der Waals surface area (Å²) in [6, 6.07) is 5.10. The third-order valence-electron chi connectivity index (χ3n) is 3.09. The molecule has 0 unspecified atom stereocenters. The third-order valence-corrected chi connectivity index (χ3v) is 3.09. The number of benzene rings is 1. The van der Waals surface area contributed by atoms with E-state index in [1.807, 2.05) is 27.7 Å². The first-order chi connectivity index (χ1) is 8.23. The number of fused-ring (bicyclic) bond motifs is 1. The number of carbonyl (C=O) groups is 2. The number of aryl methyl sites for hydroxylation is 1. The molecule has 0 aromatic heterocycles. The van der Waals surface area contributed by atoms with Crippen LogP contribution >= 0.6 is 0 Å². The molecule has 0 aliphatic heterocycles. The summed E-state index contributed by atoms with van der Waals surface area (Å²) in [4.78, 5) is 24.5. The van der Waals surface area contributed by atoms with Crippen molar-refractivity contribution in [1.82, 2.24) is 0 Å². The van der Waals surface area contributed by atoms with E-state index in [0.29, 0.717) is 11.1 Å². The molecule has 1 aromatic carbocycles. The Balaban J connectivity index is 2.72. The molecule has 0 radical (unpaired) electrons. The fourth-order valence-corrected chi connectivity index (χ4v) is 2.22. The van der Waals surface area contributed by atoms with E-state index in [1.54, 1.807) is 18.2 Å². The molecule has 1 aliphatic carbocycles. The van der Waals surface area contributed by atoms with Crippen LogP contribution < -0.4 is 0 Å². The van der Waals surface area contributed by atoms with E-state index in [1.165, 1.54) is 0 Å². The number of Topliss-reactive ketones (excluding diaryl/α,β-unsaturated/α-hetero) is 2. The molecule has 0 amide bonds. The molecule has 2 rings (SSSR count). The first kappa shape index (κ1) is 12.6. The van der Waals surface area contributed by atoms with Crippen LogP contribution in [-0.2, 0) is 0 Å². The predicted molar refractivity (Wildman–Crippen MR) is 68.9 cm³/mol. The lowest BCUT2D eigenvalue weighted by atomic mass is 9.75. The minimum absolute atomic E-state index is 0.198. The van der Waals surface area contributed by atoms with Crippen LogP contribution in [0.4, 0.5) is 0 Å². The van der Waals surface area contributed by atoms with Crippen molar-refractivity contribution in [2.45, 2.75) is 27.7 Å². The molecule has 1 aromatic rings. The van der Waals surface area contributed by atoms with Crippen LogP contribution in [0.25, 0.3) is 0 Å². The largest absolute Gasteiger partial charge is 0.504 e. The van der Waals surface area contributed by atoms with Crippen LogP contribution in [0.1, 0.15) is 47.1 Å². The summed E-state index contributed by atoms with van der Waals surface area (Å²) in [6.07, 6.45) is 0. The fraction of sp³-hybridized carbons (Fsp3) is 0.333. The Morgan fingerprint density at radius 2 is 1.61 bits per heavy atom. The zero-order valence-electron chi connectivity index (χ0n) is 11.0. The van der Waals surface area contributed by atoms with Gasteiger partial charge in [0.2, 0.25) is 5.78 Å². The maximum atomic E-state index is 12.4. The van der Waals surface area contributed by atoms with E-state index < -0.39 is 17.0 Å². The summed E-state index contributed by atoms with van der Waals surface area (Å²) >= 11 is 0. The van der Waals surface area contributed by atoms with Crippen molar-refractivity contribution in [3.8, 4) is 0 Å². The molecule has 0 bridgehead atoms. The van der Waals surface area contributed by atoms with Crippen molar-refractivity contribution in [3.05, 3.63) is 46.2 Å². The Bertz CT molecular complexity index is 586. The SMILES string of the molecule is Cc1ccc2c(c1)C(=O)C(O)=C(C(C)(C)C)C2=O. The van der Waals surface area contributed by atoms with Crippen molar-refractivity contribution in [3.63, 3.8) is 0 Å². The van der Waals surface area contributed by atoms with E-state index in [9.17, 15) is 14.7 Å². The van der Waals surface area contributed by atoms with Crippen molar-refractivity contribution < 1.29 is 14.7 Å². The molecular formula is C15H16O3. The Kier molecular flexibility index (Phi) is 2.65. The standard InChI is InChI=1S/C15H16O3/c1-8-5-6-9-10(7-8)13(17)14(18)11(12(9)16)15(2,3)4/h5-7,18H,1-4H3. The Labute approximate surface area is 106 Å². The summed E-state index contributed by atoms with van der Waals surface area (Å²) < 4.78 is 0. The molecule has 0 saturated heterocycles. The summed E-state index contributed by atoms with van der Waals surface area (Å²) in [5.74, 6) is -1.13. The number of allylic oxidation sites excluding steroid dienone is 2. The van der Waals surface area contributed by atoms with Crippen LogP contribution in [0.15, 0.2) is 29.5 Å². The molecular weight excluding hydrogens is 228 g/mol. The topological polar surface area (TPSA) is 54.4 Å². The average Bonchev–Trinajstić information content (AvgIpc) is 2.24. The van der Waals surface area contributed by atoms with Crippen LogP contribution in [-0.4, -0.2) is 16.7 Å². The fourth-order valence-electron chi connectivity index (χ4n) is 2.22. The van der Waals surface area contributed by atoms with Crippen molar-refractivity contribution in [1.29, 1.82) is 0 Å². The highest BCUT2D eigenvalue weighted by molar-refractivity contribution is 6.26. The van der Waals surface area contributed by atoms with Crippen LogP contribution in [0.2, 0.25) is 0 Å². The van der Waals surface area contributed by atoms with E-state index in [0.717, 1.165) is 5.56 Å². The highest BCUT2D eigenvalue weighted by Gasteiger charge is 2.37. The smallest absolute Gasteiger partial charge is 0.228 e. The lowest BCUT2D eigenvalue weighted by molar-refractivity contribution is 0.0910. The Morgan fingerprint density at radius 3 is 2.17 bits per heavy atom. The molecule has 94 valence electrons. The minimum Gasteiger partial charge on any atom is -0.504 e. The molecule has 0 saturated carbocycles. The van der Waals surface area contributed by atoms with Crippen LogP contribution in [0, 0.1) is 12.3 Å². The summed E-state index contributed by atoms with van der Waals surface area (Å²) in [6.45, 7) is 7.27. The maximum absolute atomic E-state index is 12.4. The van der Waals surface area contributed by atoms with Gasteiger partial charge < -0.3 is 5.11 Å². The molecule has 0 fully saturated rings. The van der Waals surface area contributed by atoms with Crippen molar-refractivity contribution in [2.24, 2.45) is 5.41 Å². The van der Waals surface area contributed by atoms with Gasteiger partial charge in [0.15, 0.2) is 11.5 Å². The zero-order valence-corrected chi connectivity index (χ0v) is 11.0. The molecule has 1 aliphatic rings. The van der Waals surface area contributed by atoms with Gasteiger partial charge in [-0.2, -0.15) is 0 Å². The molecule has 0 atom stereocenters. The lowest BCUT2D eigenvalue weighted by Crippen LogP contribution is -2.29. The highest BCUT2D eigenvalue weighted by Crippen LogP contribution is 2.36. The second-order valence-electron chi connectivity index (χ2n) is 5.68. The average molecular weight is 244 g/mol. The van der Waals surface area contributed by atoms with Gasteiger partial charge in [0, 0.05) is 11.1 Å². The molecule has 3 nitrogen and oxygen atoms in total. The van der Waals surface area contributed by atoms with Gasteiger partial charge in [-0.3, -0.25) is 9.59 Å². The Morgan fingerprint density at radius 1 is 1.00 bits per heavy atom.